The van der Waals surface area contributed by atoms with Gasteiger partial charge in [-0.25, -0.2) is 9.97 Å². The first-order valence-corrected chi connectivity index (χ1v) is 5.21. The SMILES string of the molecule is COc1nccnc1C(=O)C1(C)CCCO1. The van der Waals surface area contributed by atoms with E-state index in [-0.39, 0.29) is 17.4 Å². The lowest BCUT2D eigenvalue weighted by atomic mass is 9.95. The van der Waals surface area contributed by atoms with Crippen LogP contribution in [-0.4, -0.2) is 35.1 Å². The number of hydrogen-bond acceptors (Lipinski definition) is 5. The molecule has 1 unspecified atom stereocenters. The van der Waals surface area contributed by atoms with Crippen LogP contribution in [0.2, 0.25) is 0 Å². The Hall–Kier alpha value is -1.49. The fraction of sp³-hybridized carbons (Fsp3) is 0.545. The number of carbonyl (C=O) groups excluding carboxylic acids is 1. The number of Topliss-reactive ketones (excluding diaryl/α,β-unsaturated/α-hetero) is 1. The Morgan fingerprint density at radius 3 is 2.88 bits per heavy atom. The third kappa shape index (κ3) is 1.78. The lowest BCUT2D eigenvalue weighted by molar-refractivity contribution is 0.0206. The number of methoxy groups -OCH3 is 1. The predicted molar refractivity (Wildman–Crippen MR) is 56.5 cm³/mol. The maximum atomic E-state index is 12.2. The van der Waals surface area contributed by atoms with Gasteiger partial charge < -0.3 is 9.47 Å². The minimum Gasteiger partial charge on any atom is -0.479 e. The summed E-state index contributed by atoms with van der Waals surface area (Å²) in [6, 6.07) is 0. The van der Waals surface area contributed by atoms with Crippen LogP contribution in [0.5, 0.6) is 5.88 Å². The topological polar surface area (TPSA) is 61.3 Å². The quantitative estimate of drug-likeness (QED) is 0.720. The summed E-state index contributed by atoms with van der Waals surface area (Å²) >= 11 is 0. The van der Waals surface area contributed by atoms with E-state index in [1.165, 1.54) is 19.5 Å². The second kappa shape index (κ2) is 4.17. The van der Waals surface area contributed by atoms with Gasteiger partial charge >= 0.3 is 0 Å². The van der Waals surface area contributed by atoms with Gasteiger partial charge in [0.25, 0.3) is 0 Å². The van der Waals surface area contributed by atoms with Crippen molar-refractivity contribution in [3.05, 3.63) is 18.1 Å². The van der Waals surface area contributed by atoms with Gasteiger partial charge in [0.1, 0.15) is 5.60 Å². The zero-order valence-electron chi connectivity index (χ0n) is 9.40. The molecule has 1 fully saturated rings. The molecule has 5 heteroatoms. The third-order valence-corrected chi connectivity index (χ3v) is 2.77. The number of hydrogen-bond donors (Lipinski definition) is 0. The van der Waals surface area contributed by atoms with Gasteiger partial charge in [-0.1, -0.05) is 0 Å². The first kappa shape index (κ1) is 11.0. The Balaban J connectivity index is 2.33. The molecule has 0 spiro atoms. The van der Waals surface area contributed by atoms with Crippen LogP contribution in [0.1, 0.15) is 30.3 Å². The van der Waals surface area contributed by atoms with Crippen molar-refractivity contribution in [2.24, 2.45) is 0 Å². The highest BCUT2D eigenvalue weighted by molar-refractivity contribution is 6.02. The maximum Gasteiger partial charge on any atom is 0.243 e. The predicted octanol–water partition coefficient (Wildman–Crippen LogP) is 1.24. The summed E-state index contributed by atoms with van der Waals surface area (Å²) in [5.74, 6) is 0.0965. The molecular weight excluding hydrogens is 208 g/mol. The average Bonchev–Trinajstić information content (AvgIpc) is 2.76. The molecule has 5 nitrogen and oxygen atoms in total. The second-order valence-corrected chi connectivity index (χ2v) is 3.93. The fourth-order valence-corrected chi connectivity index (χ4v) is 1.84. The van der Waals surface area contributed by atoms with E-state index >= 15 is 0 Å². The van der Waals surface area contributed by atoms with Crippen LogP contribution in [0, 0.1) is 0 Å². The number of nitrogens with zero attached hydrogens (tertiary/aromatic N) is 2. The number of carbonyl (C=O) groups is 1. The van der Waals surface area contributed by atoms with Crippen molar-refractivity contribution >= 4 is 5.78 Å². The van der Waals surface area contributed by atoms with E-state index in [1.54, 1.807) is 6.92 Å². The highest BCUT2D eigenvalue weighted by atomic mass is 16.5. The Bertz CT molecular complexity index is 400. The van der Waals surface area contributed by atoms with E-state index in [1.807, 2.05) is 0 Å². The van der Waals surface area contributed by atoms with Crippen LogP contribution < -0.4 is 4.74 Å². The normalized spacial score (nSPS) is 24.4. The van der Waals surface area contributed by atoms with Gasteiger partial charge in [-0.2, -0.15) is 0 Å². The highest BCUT2D eigenvalue weighted by Gasteiger charge is 2.40. The van der Waals surface area contributed by atoms with Crippen LogP contribution in [0.15, 0.2) is 12.4 Å². The molecule has 1 aromatic rings. The van der Waals surface area contributed by atoms with Gasteiger partial charge in [-0.3, -0.25) is 4.79 Å². The number of rotatable bonds is 3. The monoisotopic (exact) mass is 222 g/mol. The molecule has 0 aromatic carbocycles. The summed E-state index contributed by atoms with van der Waals surface area (Å²) in [7, 11) is 1.47. The Morgan fingerprint density at radius 2 is 2.25 bits per heavy atom. The molecule has 86 valence electrons. The largest absolute Gasteiger partial charge is 0.479 e. The van der Waals surface area contributed by atoms with Crippen LogP contribution in [0.4, 0.5) is 0 Å². The Morgan fingerprint density at radius 1 is 1.50 bits per heavy atom. The minimum absolute atomic E-state index is 0.157. The molecule has 0 aliphatic carbocycles. The van der Waals surface area contributed by atoms with Crippen LogP contribution >= 0.6 is 0 Å². The van der Waals surface area contributed by atoms with E-state index in [0.29, 0.717) is 13.0 Å². The smallest absolute Gasteiger partial charge is 0.243 e. The zero-order chi connectivity index (χ0) is 11.6. The molecule has 1 aliphatic rings. The molecule has 2 heterocycles. The summed E-state index contributed by atoms with van der Waals surface area (Å²) in [6.45, 7) is 2.40. The molecule has 0 radical (unpaired) electrons. The van der Waals surface area contributed by atoms with Crippen molar-refractivity contribution in [2.45, 2.75) is 25.4 Å². The molecule has 1 aromatic heterocycles. The van der Waals surface area contributed by atoms with Gasteiger partial charge in [-0.15, -0.1) is 0 Å². The third-order valence-electron chi connectivity index (χ3n) is 2.77. The maximum absolute atomic E-state index is 12.2. The summed E-state index contributed by atoms with van der Waals surface area (Å²) in [5, 5.41) is 0. The average molecular weight is 222 g/mol. The van der Waals surface area contributed by atoms with Crippen molar-refractivity contribution in [1.82, 2.24) is 9.97 Å². The Kier molecular flexibility index (Phi) is 2.87. The van der Waals surface area contributed by atoms with Crippen LogP contribution in [0.25, 0.3) is 0 Å². The summed E-state index contributed by atoms with van der Waals surface area (Å²) in [6.07, 6.45) is 4.58. The van der Waals surface area contributed by atoms with Gasteiger partial charge in [-0.05, 0) is 19.8 Å². The Labute approximate surface area is 93.8 Å². The number of ether oxygens (including phenoxy) is 2. The van der Waals surface area contributed by atoms with E-state index in [2.05, 4.69) is 9.97 Å². The standard InChI is InChI=1S/C11H14N2O3/c1-11(4-3-7-16-11)9(14)8-10(15-2)13-6-5-12-8/h5-6H,3-4,7H2,1-2H3. The van der Waals surface area contributed by atoms with Gasteiger partial charge in [0.05, 0.1) is 7.11 Å². The number of ketones is 1. The number of aromatic nitrogens is 2. The summed E-state index contributed by atoms with van der Waals surface area (Å²) in [4.78, 5) is 20.2. The van der Waals surface area contributed by atoms with E-state index < -0.39 is 5.60 Å². The molecule has 0 saturated carbocycles. The molecule has 0 N–H and O–H groups in total. The molecule has 1 atom stereocenters. The van der Waals surface area contributed by atoms with E-state index in [0.717, 1.165) is 6.42 Å². The van der Waals surface area contributed by atoms with Crippen molar-refractivity contribution < 1.29 is 14.3 Å². The first-order chi connectivity index (χ1) is 7.67. The highest BCUT2D eigenvalue weighted by Crippen LogP contribution is 2.30. The lowest BCUT2D eigenvalue weighted by Gasteiger charge is -2.21. The fourth-order valence-electron chi connectivity index (χ4n) is 1.84. The van der Waals surface area contributed by atoms with Crippen molar-refractivity contribution in [3.8, 4) is 5.88 Å². The van der Waals surface area contributed by atoms with Gasteiger partial charge in [0.2, 0.25) is 11.7 Å². The summed E-state index contributed by atoms with van der Waals surface area (Å²) < 4.78 is 10.5. The molecule has 1 aliphatic heterocycles. The van der Waals surface area contributed by atoms with Crippen molar-refractivity contribution in [2.75, 3.05) is 13.7 Å². The zero-order valence-corrected chi connectivity index (χ0v) is 9.40. The second-order valence-electron chi connectivity index (χ2n) is 3.93. The molecule has 0 amide bonds. The molecule has 16 heavy (non-hydrogen) atoms. The van der Waals surface area contributed by atoms with Crippen molar-refractivity contribution in [1.29, 1.82) is 0 Å². The molecule has 2 rings (SSSR count). The lowest BCUT2D eigenvalue weighted by Crippen LogP contribution is -2.35. The summed E-state index contributed by atoms with van der Waals surface area (Å²) in [5.41, 5.74) is -0.530. The van der Waals surface area contributed by atoms with E-state index in [4.69, 9.17) is 9.47 Å². The molecule has 0 bridgehead atoms. The van der Waals surface area contributed by atoms with Gasteiger partial charge in [0.15, 0.2) is 5.69 Å². The molecule has 1 saturated heterocycles. The van der Waals surface area contributed by atoms with Crippen molar-refractivity contribution in [3.63, 3.8) is 0 Å². The van der Waals surface area contributed by atoms with E-state index in [9.17, 15) is 4.79 Å². The van der Waals surface area contributed by atoms with Crippen LogP contribution in [-0.2, 0) is 4.74 Å². The van der Waals surface area contributed by atoms with Crippen LogP contribution in [0.3, 0.4) is 0 Å². The first-order valence-electron chi connectivity index (χ1n) is 5.21. The minimum atomic E-state index is -0.774. The van der Waals surface area contributed by atoms with Gasteiger partial charge in [0, 0.05) is 19.0 Å². The molecular formula is C11H14N2O3.